The van der Waals surface area contributed by atoms with Gasteiger partial charge in [0.2, 0.25) is 0 Å². The molecule has 2 rings (SSSR count). The monoisotopic (exact) mass is 238 g/mol. The average molecular weight is 238 g/mol. The van der Waals surface area contributed by atoms with Crippen LogP contribution in [0.5, 0.6) is 0 Å². The summed E-state index contributed by atoms with van der Waals surface area (Å²) in [5.41, 5.74) is 3.52. The van der Waals surface area contributed by atoms with E-state index in [0.29, 0.717) is 5.54 Å². The second-order valence-corrected chi connectivity index (χ2v) is 6.21. The molecule has 0 amide bonds. The summed E-state index contributed by atoms with van der Waals surface area (Å²) < 4.78 is 0. The zero-order chi connectivity index (χ0) is 11.9. The van der Waals surface area contributed by atoms with E-state index in [1.54, 1.807) is 0 Å². The smallest absolute Gasteiger partial charge is 0.0381 e. The lowest BCUT2D eigenvalue weighted by Gasteiger charge is -2.16. The van der Waals surface area contributed by atoms with Gasteiger partial charge >= 0.3 is 0 Å². The SMILES string of the molecule is C=CC[SiH2]C(c1ccccc1)c1ccccc1. The summed E-state index contributed by atoms with van der Waals surface area (Å²) in [6.07, 6.45) is 2.06. The molecule has 0 aromatic heterocycles. The van der Waals surface area contributed by atoms with Gasteiger partial charge in [-0.05, 0) is 22.7 Å². The van der Waals surface area contributed by atoms with Crippen molar-refractivity contribution in [2.24, 2.45) is 0 Å². The van der Waals surface area contributed by atoms with E-state index in [4.69, 9.17) is 0 Å². The highest BCUT2D eigenvalue weighted by Gasteiger charge is 2.12. The lowest BCUT2D eigenvalue weighted by Crippen LogP contribution is -2.08. The molecule has 0 radical (unpaired) electrons. The maximum Gasteiger partial charge on any atom is 0.0381 e. The van der Waals surface area contributed by atoms with Crippen molar-refractivity contribution in [2.45, 2.75) is 11.6 Å². The molecular weight excluding hydrogens is 220 g/mol. The van der Waals surface area contributed by atoms with Crippen LogP contribution in [0, 0.1) is 0 Å². The Morgan fingerprint density at radius 2 is 1.35 bits per heavy atom. The Morgan fingerprint density at radius 3 is 1.76 bits per heavy atom. The molecule has 0 saturated heterocycles. The molecule has 0 nitrogen and oxygen atoms in total. The lowest BCUT2D eigenvalue weighted by atomic mass is 10.0. The largest absolute Gasteiger partial charge is 0.103 e. The van der Waals surface area contributed by atoms with Crippen molar-refractivity contribution >= 4 is 9.52 Å². The van der Waals surface area contributed by atoms with Gasteiger partial charge in [-0.25, -0.2) is 0 Å². The number of benzene rings is 2. The van der Waals surface area contributed by atoms with Crippen LogP contribution in [0.15, 0.2) is 73.3 Å². The van der Waals surface area contributed by atoms with E-state index in [1.165, 1.54) is 17.2 Å². The van der Waals surface area contributed by atoms with Gasteiger partial charge in [0, 0.05) is 9.52 Å². The summed E-state index contributed by atoms with van der Waals surface area (Å²) in [5, 5.41) is 0. The molecule has 0 atom stereocenters. The van der Waals surface area contributed by atoms with Gasteiger partial charge in [-0.15, -0.1) is 6.58 Å². The van der Waals surface area contributed by atoms with Crippen molar-refractivity contribution in [2.75, 3.05) is 0 Å². The van der Waals surface area contributed by atoms with Gasteiger partial charge in [-0.3, -0.25) is 0 Å². The fourth-order valence-corrected chi connectivity index (χ4v) is 3.96. The zero-order valence-corrected chi connectivity index (χ0v) is 11.5. The minimum atomic E-state index is -0.189. The van der Waals surface area contributed by atoms with Crippen molar-refractivity contribution in [3.63, 3.8) is 0 Å². The molecule has 2 aromatic carbocycles. The van der Waals surface area contributed by atoms with Crippen molar-refractivity contribution < 1.29 is 0 Å². The van der Waals surface area contributed by atoms with E-state index in [1.807, 2.05) is 0 Å². The van der Waals surface area contributed by atoms with E-state index in [9.17, 15) is 0 Å². The lowest BCUT2D eigenvalue weighted by molar-refractivity contribution is 1.12. The molecule has 0 unspecified atom stereocenters. The zero-order valence-electron chi connectivity index (χ0n) is 10.0. The van der Waals surface area contributed by atoms with Gasteiger partial charge in [0.05, 0.1) is 0 Å². The number of hydrogen-bond donors (Lipinski definition) is 0. The van der Waals surface area contributed by atoms with Crippen molar-refractivity contribution in [1.29, 1.82) is 0 Å². The Kier molecular flexibility index (Phi) is 4.34. The highest BCUT2D eigenvalue weighted by Crippen LogP contribution is 2.24. The first-order chi connectivity index (χ1) is 8.42. The molecule has 0 saturated carbocycles. The van der Waals surface area contributed by atoms with Gasteiger partial charge in [-0.1, -0.05) is 66.7 Å². The topological polar surface area (TPSA) is 0 Å². The van der Waals surface area contributed by atoms with Crippen LogP contribution in [0.2, 0.25) is 6.04 Å². The Balaban J connectivity index is 2.29. The number of hydrogen-bond acceptors (Lipinski definition) is 0. The number of allylic oxidation sites excluding steroid dienone is 1. The first-order valence-corrected chi connectivity index (χ1v) is 7.94. The second-order valence-electron chi connectivity index (χ2n) is 4.24. The van der Waals surface area contributed by atoms with Crippen LogP contribution in [0.3, 0.4) is 0 Å². The van der Waals surface area contributed by atoms with Crippen LogP contribution in [0.4, 0.5) is 0 Å². The third kappa shape index (κ3) is 3.18. The summed E-state index contributed by atoms with van der Waals surface area (Å²) in [7, 11) is -0.189. The highest BCUT2D eigenvalue weighted by atomic mass is 28.2. The molecule has 1 heteroatoms. The fraction of sp³-hybridized carbons (Fsp3) is 0.125. The standard InChI is InChI=1S/C16H18Si/c1-2-13-17-16(14-9-5-3-6-10-14)15-11-7-4-8-12-15/h2-12,16H,1,13,17H2. The maximum absolute atomic E-state index is 3.85. The summed E-state index contributed by atoms with van der Waals surface area (Å²) in [4.78, 5) is 0. The molecule has 0 aliphatic carbocycles. The van der Waals surface area contributed by atoms with E-state index in [2.05, 4.69) is 73.3 Å². The molecule has 2 aromatic rings. The molecule has 0 spiro atoms. The minimum Gasteiger partial charge on any atom is -0.103 e. The summed E-state index contributed by atoms with van der Waals surface area (Å²) >= 11 is 0. The van der Waals surface area contributed by atoms with E-state index in [0.717, 1.165) is 0 Å². The normalized spacial score (nSPS) is 11.1. The van der Waals surface area contributed by atoms with Crippen LogP contribution in [-0.2, 0) is 0 Å². The average Bonchev–Trinajstić information content (AvgIpc) is 2.42. The van der Waals surface area contributed by atoms with Crippen LogP contribution in [-0.4, -0.2) is 9.52 Å². The molecule has 0 heterocycles. The molecule has 0 fully saturated rings. The fourth-order valence-electron chi connectivity index (χ4n) is 2.18. The van der Waals surface area contributed by atoms with Crippen LogP contribution >= 0.6 is 0 Å². The molecule has 0 bridgehead atoms. The van der Waals surface area contributed by atoms with Crippen molar-refractivity contribution in [1.82, 2.24) is 0 Å². The maximum atomic E-state index is 3.85. The molecule has 0 aliphatic rings. The number of rotatable bonds is 5. The van der Waals surface area contributed by atoms with Crippen molar-refractivity contribution in [3.05, 3.63) is 84.4 Å². The Hall–Kier alpha value is -1.60. The Labute approximate surface area is 106 Å². The Morgan fingerprint density at radius 1 is 0.882 bits per heavy atom. The predicted molar refractivity (Wildman–Crippen MR) is 78.3 cm³/mol. The summed E-state index contributed by atoms with van der Waals surface area (Å²) in [5.74, 6) is 0. The van der Waals surface area contributed by atoms with E-state index < -0.39 is 0 Å². The van der Waals surface area contributed by atoms with Crippen molar-refractivity contribution in [3.8, 4) is 0 Å². The van der Waals surface area contributed by atoms with Gasteiger partial charge in [0.1, 0.15) is 0 Å². The molecule has 17 heavy (non-hydrogen) atoms. The third-order valence-corrected chi connectivity index (χ3v) is 5.33. The quantitative estimate of drug-likeness (QED) is 0.552. The van der Waals surface area contributed by atoms with E-state index in [-0.39, 0.29) is 9.52 Å². The molecular formula is C16H18Si. The van der Waals surface area contributed by atoms with Crippen LogP contribution < -0.4 is 0 Å². The van der Waals surface area contributed by atoms with Gasteiger partial charge in [0.15, 0.2) is 0 Å². The van der Waals surface area contributed by atoms with Gasteiger partial charge < -0.3 is 0 Å². The Bertz CT molecular complexity index is 408. The first kappa shape index (κ1) is 11.9. The molecule has 86 valence electrons. The van der Waals surface area contributed by atoms with Gasteiger partial charge in [0.25, 0.3) is 0 Å². The van der Waals surface area contributed by atoms with Crippen LogP contribution in [0.25, 0.3) is 0 Å². The summed E-state index contributed by atoms with van der Waals surface area (Å²) in [6, 6.07) is 22.9. The summed E-state index contributed by atoms with van der Waals surface area (Å²) in [6.45, 7) is 3.85. The third-order valence-electron chi connectivity index (χ3n) is 3.06. The second kappa shape index (κ2) is 6.21. The molecule has 0 aliphatic heterocycles. The van der Waals surface area contributed by atoms with Crippen LogP contribution in [0.1, 0.15) is 16.7 Å². The predicted octanol–water partition coefficient (Wildman–Crippen LogP) is 3.55. The highest BCUT2D eigenvalue weighted by molar-refractivity contribution is 6.39. The van der Waals surface area contributed by atoms with E-state index >= 15 is 0 Å². The first-order valence-electron chi connectivity index (χ1n) is 6.12. The molecule has 0 N–H and O–H groups in total. The van der Waals surface area contributed by atoms with Gasteiger partial charge in [-0.2, -0.15) is 0 Å². The minimum absolute atomic E-state index is 0.189.